The average molecular weight is 275 g/mol. The van der Waals surface area contributed by atoms with Crippen molar-refractivity contribution in [3.8, 4) is 0 Å². The molecule has 1 atom stereocenters. The minimum Gasteiger partial charge on any atom is -0.315 e. The first-order valence-electron chi connectivity index (χ1n) is 5.57. The topological polar surface area (TPSA) is 58.2 Å². The van der Waals surface area contributed by atoms with Crippen LogP contribution in [0, 0.1) is 0 Å². The summed E-state index contributed by atoms with van der Waals surface area (Å²) in [5.41, 5.74) is 0. The van der Waals surface area contributed by atoms with Gasteiger partial charge in [-0.25, -0.2) is 13.1 Å². The monoisotopic (exact) mass is 274 g/mol. The maximum atomic E-state index is 12.1. The van der Waals surface area contributed by atoms with Crippen LogP contribution in [0.15, 0.2) is 29.2 Å². The third-order valence-electron chi connectivity index (χ3n) is 2.74. The lowest BCUT2D eigenvalue weighted by molar-refractivity contribution is 0.428. The molecule has 17 heavy (non-hydrogen) atoms. The summed E-state index contributed by atoms with van der Waals surface area (Å²) in [6.07, 6.45) is 1.84. The Labute approximate surface area is 106 Å². The maximum absolute atomic E-state index is 12.1. The molecule has 1 aliphatic rings. The zero-order valence-electron chi connectivity index (χ0n) is 9.32. The lowest BCUT2D eigenvalue weighted by atomic mass is 10.1. The molecule has 0 bridgehead atoms. The summed E-state index contributed by atoms with van der Waals surface area (Å²) >= 11 is 5.89. The molecule has 0 radical (unpaired) electrons. The smallest absolute Gasteiger partial charge is 0.242 e. The molecular formula is C11H15ClN2O2S. The fraction of sp³-hybridized carbons (Fsp3) is 0.455. The molecule has 2 N–H and O–H groups in total. The van der Waals surface area contributed by atoms with Crippen LogP contribution in [0.3, 0.4) is 0 Å². The van der Waals surface area contributed by atoms with Crippen LogP contribution in [0.4, 0.5) is 0 Å². The third-order valence-corrected chi connectivity index (χ3v) is 4.77. The SMILES string of the molecule is O=S(=O)(N[C@H]1CCCNC1)c1ccccc1Cl. The standard InChI is InChI=1S/C11H15ClN2O2S/c12-10-5-1-2-6-11(10)17(15,16)14-9-4-3-7-13-8-9/h1-2,5-6,9,13-14H,3-4,7-8H2/t9-/m0/s1. The molecule has 1 aromatic rings. The fourth-order valence-corrected chi connectivity index (χ4v) is 3.69. The summed E-state index contributed by atoms with van der Waals surface area (Å²) in [6.45, 7) is 1.62. The van der Waals surface area contributed by atoms with Crippen LogP contribution in [0.2, 0.25) is 5.02 Å². The van der Waals surface area contributed by atoms with E-state index in [1.807, 2.05) is 0 Å². The first-order chi connectivity index (χ1) is 8.09. The van der Waals surface area contributed by atoms with Crippen LogP contribution in [0.5, 0.6) is 0 Å². The van der Waals surface area contributed by atoms with Crippen LogP contribution >= 0.6 is 11.6 Å². The second kappa shape index (κ2) is 5.35. The summed E-state index contributed by atoms with van der Waals surface area (Å²) in [5.74, 6) is 0. The van der Waals surface area contributed by atoms with Crippen molar-refractivity contribution in [1.29, 1.82) is 0 Å². The fourth-order valence-electron chi connectivity index (χ4n) is 1.90. The van der Waals surface area contributed by atoms with Gasteiger partial charge in [0, 0.05) is 12.6 Å². The molecule has 0 amide bonds. The van der Waals surface area contributed by atoms with Gasteiger partial charge in [-0.3, -0.25) is 0 Å². The Kier molecular flexibility index (Phi) is 4.04. The molecule has 0 aromatic heterocycles. The first kappa shape index (κ1) is 12.8. The largest absolute Gasteiger partial charge is 0.315 e. The van der Waals surface area contributed by atoms with Crippen LogP contribution in [-0.2, 0) is 10.0 Å². The molecular weight excluding hydrogens is 260 g/mol. The number of sulfonamides is 1. The van der Waals surface area contributed by atoms with Gasteiger partial charge >= 0.3 is 0 Å². The molecule has 94 valence electrons. The molecule has 6 heteroatoms. The van der Waals surface area contributed by atoms with Gasteiger partial charge in [-0.2, -0.15) is 0 Å². The van der Waals surface area contributed by atoms with E-state index in [1.54, 1.807) is 18.2 Å². The van der Waals surface area contributed by atoms with E-state index in [9.17, 15) is 8.42 Å². The lowest BCUT2D eigenvalue weighted by Crippen LogP contribution is -2.45. The molecule has 0 spiro atoms. The van der Waals surface area contributed by atoms with Gasteiger partial charge in [0.25, 0.3) is 0 Å². The number of rotatable bonds is 3. The van der Waals surface area contributed by atoms with Crippen molar-refractivity contribution < 1.29 is 8.42 Å². The highest BCUT2D eigenvalue weighted by Gasteiger charge is 2.23. The van der Waals surface area contributed by atoms with Gasteiger partial charge in [-0.1, -0.05) is 23.7 Å². The van der Waals surface area contributed by atoms with Crippen molar-refractivity contribution in [3.05, 3.63) is 29.3 Å². The van der Waals surface area contributed by atoms with Crippen LogP contribution in [-0.4, -0.2) is 27.5 Å². The summed E-state index contributed by atoms with van der Waals surface area (Å²) in [6, 6.07) is 6.42. The number of halogens is 1. The summed E-state index contributed by atoms with van der Waals surface area (Å²) < 4.78 is 26.9. The van der Waals surface area contributed by atoms with Crippen molar-refractivity contribution in [3.63, 3.8) is 0 Å². The second-order valence-electron chi connectivity index (χ2n) is 4.09. The van der Waals surface area contributed by atoms with Crippen molar-refractivity contribution in [2.45, 2.75) is 23.8 Å². The van der Waals surface area contributed by atoms with Gasteiger partial charge in [-0.05, 0) is 31.5 Å². The van der Waals surface area contributed by atoms with E-state index in [-0.39, 0.29) is 16.0 Å². The van der Waals surface area contributed by atoms with Gasteiger partial charge in [0.2, 0.25) is 10.0 Å². The molecule has 2 rings (SSSR count). The van der Waals surface area contributed by atoms with E-state index in [2.05, 4.69) is 10.0 Å². The van der Waals surface area contributed by atoms with Gasteiger partial charge in [-0.15, -0.1) is 0 Å². The number of nitrogens with one attached hydrogen (secondary N) is 2. The molecule has 1 aromatic carbocycles. The molecule has 0 unspecified atom stereocenters. The molecule has 1 saturated heterocycles. The molecule has 1 aliphatic heterocycles. The predicted molar refractivity (Wildman–Crippen MR) is 67.7 cm³/mol. The molecule has 1 fully saturated rings. The van der Waals surface area contributed by atoms with Gasteiger partial charge in [0.15, 0.2) is 0 Å². The van der Waals surface area contributed by atoms with Crippen molar-refractivity contribution >= 4 is 21.6 Å². The Bertz CT molecular complexity index is 484. The van der Waals surface area contributed by atoms with Crippen molar-refractivity contribution in [2.75, 3.05) is 13.1 Å². The highest BCUT2D eigenvalue weighted by atomic mass is 35.5. The Morgan fingerprint density at radius 1 is 1.35 bits per heavy atom. The lowest BCUT2D eigenvalue weighted by Gasteiger charge is -2.23. The van der Waals surface area contributed by atoms with E-state index < -0.39 is 10.0 Å². The zero-order chi connectivity index (χ0) is 12.3. The van der Waals surface area contributed by atoms with Crippen molar-refractivity contribution in [2.24, 2.45) is 0 Å². The Balaban J connectivity index is 2.16. The highest BCUT2D eigenvalue weighted by molar-refractivity contribution is 7.89. The van der Waals surface area contributed by atoms with Crippen LogP contribution in [0.1, 0.15) is 12.8 Å². The zero-order valence-corrected chi connectivity index (χ0v) is 10.9. The average Bonchev–Trinajstić information content (AvgIpc) is 2.30. The molecule has 0 aliphatic carbocycles. The molecule has 0 saturated carbocycles. The van der Waals surface area contributed by atoms with Gasteiger partial charge in [0.05, 0.1) is 5.02 Å². The van der Waals surface area contributed by atoms with Crippen LogP contribution in [0.25, 0.3) is 0 Å². The summed E-state index contributed by atoms with van der Waals surface area (Å²) in [4.78, 5) is 0.146. The van der Waals surface area contributed by atoms with Gasteiger partial charge in [0.1, 0.15) is 4.90 Å². The van der Waals surface area contributed by atoms with E-state index in [4.69, 9.17) is 11.6 Å². The summed E-state index contributed by atoms with van der Waals surface area (Å²) in [7, 11) is -3.51. The number of piperidine rings is 1. The maximum Gasteiger partial charge on any atom is 0.242 e. The summed E-state index contributed by atoms with van der Waals surface area (Å²) in [5, 5.41) is 3.42. The normalized spacial score (nSPS) is 21.4. The minimum absolute atomic E-state index is 0.0509. The Morgan fingerprint density at radius 2 is 2.12 bits per heavy atom. The van der Waals surface area contributed by atoms with E-state index in [0.29, 0.717) is 6.54 Å². The van der Waals surface area contributed by atoms with E-state index in [1.165, 1.54) is 6.07 Å². The Hall–Kier alpha value is -0.620. The first-order valence-corrected chi connectivity index (χ1v) is 7.43. The number of benzene rings is 1. The molecule has 4 nitrogen and oxygen atoms in total. The highest BCUT2D eigenvalue weighted by Crippen LogP contribution is 2.20. The van der Waals surface area contributed by atoms with Gasteiger partial charge < -0.3 is 5.32 Å². The van der Waals surface area contributed by atoms with Crippen molar-refractivity contribution in [1.82, 2.24) is 10.0 Å². The number of hydrogen-bond acceptors (Lipinski definition) is 3. The van der Waals surface area contributed by atoms with Crippen LogP contribution < -0.4 is 10.0 Å². The Morgan fingerprint density at radius 3 is 2.76 bits per heavy atom. The third kappa shape index (κ3) is 3.19. The quantitative estimate of drug-likeness (QED) is 0.875. The van der Waals surface area contributed by atoms with E-state index in [0.717, 1.165) is 19.4 Å². The molecule has 1 heterocycles. The van der Waals surface area contributed by atoms with E-state index >= 15 is 0 Å². The minimum atomic E-state index is -3.51. The number of hydrogen-bond donors (Lipinski definition) is 2. The predicted octanol–water partition coefficient (Wildman–Crippen LogP) is 1.37. The second-order valence-corrected chi connectivity index (χ2v) is 6.18.